The number of aromatic nitrogens is 2. The maximum atomic E-state index is 14.1. The largest absolute Gasteiger partial charge is 0.338 e. The zero-order valence-electron chi connectivity index (χ0n) is 15.7. The first-order valence-corrected chi connectivity index (χ1v) is 9.16. The van der Waals surface area contributed by atoms with E-state index in [2.05, 4.69) is 32.7 Å². The number of hydrogen-bond donors (Lipinski definition) is 2. The van der Waals surface area contributed by atoms with Gasteiger partial charge in [0, 0.05) is 24.2 Å². The van der Waals surface area contributed by atoms with Crippen LogP contribution in [0.2, 0.25) is 0 Å². The average molecular weight is 386 g/mol. The summed E-state index contributed by atoms with van der Waals surface area (Å²) in [6.45, 7) is 0. The fourth-order valence-electron chi connectivity index (χ4n) is 2.69. The molecule has 0 saturated carbocycles. The smallest absolute Gasteiger partial charge is 0.229 e. The van der Waals surface area contributed by atoms with E-state index in [-0.39, 0.29) is 11.8 Å². The van der Waals surface area contributed by atoms with Crippen molar-refractivity contribution in [2.24, 2.45) is 0 Å². The molecule has 0 aliphatic rings. The maximum absolute atomic E-state index is 14.1. The third kappa shape index (κ3) is 5.75. The van der Waals surface area contributed by atoms with Gasteiger partial charge in [-0.3, -0.25) is 0 Å². The van der Waals surface area contributed by atoms with Crippen molar-refractivity contribution in [3.05, 3.63) is 71.7 Å². The number of nitriles is 2. The second-order valence-corrected chi connectivity index (χ2v) is 6.35. The molecule has 29 heavy (non-hydrogen) atoms. The van der Waals surface area contributed by atoms with Crippen LogP contribution < -0.4 is 10.6 Å². The zero-order valence-corrected chi connectivity index (χ0v) is 15.7. The Morgan fingerprint density at radius 1 is 0.793 bits per heavy atom. The SMILES string of the molecule is N#CCCc1ccc(Nc2ncc(F)c(Nc3ccc(CCC#N)cc3)n2)cc1. The van der Waals surface area contributed by atoms with Crippen LogP contribution in [-0.4, -0.2) is 9.97 Å². The molecule has 1 heterocycles. The molecule has 1 aromatic heterocycles. The minimum absolute atomic E-state index is 0.0675. The Balaban J connectivity index is 1.68. The first kappa shape index (κ1) is 19.8. The van der Waals surface area contributed by atoms with Gasteiger partial charge in [0.2, 0.25) is 5.95 Å². The summed E-state index contributed by atoms with van der Waals surface area (Å²) in [5.41, 5.74) is 3.57. The van der Waals surface area contributed by atoms with Gasteiger partial charge in [0.25, 0.3) is 0 Å². The number of rotatable bonds is 8. The van der Waals surface area contributed by atoms with Crippen molar-refractivity contribution in [3.63, 3.8) is 0 Å². The molecule has 0 saturated heterocycles. The fraction of sp³-hybridized carbons (Fsp3) is 0.182. The van der Waals surface area contributed by atoms with E-state index in [4.69, 9.17) is 10.5 Å². The molecule has 0 atom stereocenters. The van der Waals surface area contributed by atoms with E-state index >= 15 is 0 Å². The van der Waals surface area contributed by atoms with Gasteiger partial charge in [-0.25, -0.2) is 9.37 Å². The van der Waals surface area contributed by atoms with Crippen molar-refractivity contribution in [2.45, 2.75) is 25.7 Å². The lowest BCUT2D eigenvalue weighted by Crippen LogP contribution is -2.03. The van der Waals surface area contributed by atoms with Crippen LogP contribution in [0.3, 0.4) is 0 Å². The van der Waals surface area contributed by atoms with Crippen LogP contribution in [-0.2, 0) is 12.8 Å². The number of nitrogens with one attached hydrogen (secondary N) is 2. The Morgan fingerprint density at radius 2 is 1.31 bits per heavy atom. The van der Waals surface area contributed by atoms with E-state index in [0.29, 0.717) is 31.4 Å². The highest BCUT2D eigenvalue weighted by molar-refractivity contribution is 5.60. The average Bonchev–Trinajstić information content (AvgIpc) is 2.75. The van der Waals surface area contributed by atoms with Crippen molar-refractivity contribution < 1.29 is 4.39 Å². The molecule has 0 aliphatic heterocycles. The molecule has 3 aromatic rings. The van der Waals surface area contributed by atoms with Crippen LogP contribution in [0.4, 0.5) is 27.5 Å². The summed E-state index contributed by atoms with van der Waals surface area (Å²) in [6, 6.07) is 19.3. The Kier molecular flexibility index (Phi) is 6.70. The molecule has 0 radical (unpaired) electrons. The summed E-state index contributed by atoms with van der Waals surface area (Å²) < 4.78 is 14.1. The zero-order chi connectivity index (χ0) is 20.5. The van der Waals surface area contributed by atoms with Crippen LogP contribution in [0.5, 0.6) is 0 Å². The second-order valence-electron chi connectivity index (χ2n) is 6.35. The quantitative estimate of drug-likeness (QED) is 0.564. The molecule has 0 unspecified atom stereocenters. The molecule has 6 nitrogen and oxygen atoms in total. The Hall–Kier alpha value is -3.97. The van der Waals surface area contributed by atoms with Crippen LogP contribution >= 0.6 is 0 Å². The minimum atomic E-state index is -0.559. The number of aryl methyl sites for hydroxylation is 2. The molecular weight excluding hydrogens is 367 g/mol. The lowest BCUT2D eigenvalue weighted by molar-refractivity contribution is 0.619. The molecular formula is C22H19FN6. The molecule has 0 spiro atoms. The Bertz CT molecular complexity index is 1030. The van der Waals surface area contributed by atoms with Crippen LogP contribution in [0, 0.1) is 28.5 Å². The predicted molar refractivity (Wildman–Crippen MR) is 109 cm³/mol. The number of benzene rings is 2. The van der Waals surface area contributed by atoms with Gasteiger partial charge in [0.1, 0.15) is 0 Å². The first-order valence-electron chi connectivity index (χ1n) is 9.16. The van der Waals surface area contributed by atoms with Gasteiger partial charge in [-0.15, -0.1) is 0 Å². The molecule has 0 amide bonds. The fourth-order valence-corrected chi connectivity index (χ4v) is 2.69. The van der Waals surface area contributed by atoms with Crippen molar-refractivity contribution in [1.82, 2.24) is 9.97 Å². The standard InChI is InChI=1S/C22H19FN6/c23-20-15-26-22(28-19-11-7-17(8-12-19)4-2-14-25)29-21(20)27-18-9-5-16(6-10-18)3-1-13-24/h5-12,15H,1-4H2,(H2,26,27,28,29). The summed E-state index contributed by atoms with van der Waals surface area (Å²) in [7, 11) is 0. The third-order valence-corrected chi connectivity index (χ3v) is 4.22. The van der Waals surface area contributed by atoms with Crippen LogP contribution in [0.25, 0.3) is 0 Å². The third-order valence-electron chi connectivity index (χ3n) is 4.22. The summed E-state index contributed by atoms with van der Waals surface area (Å²) >= 11 is 0. The normalized spacial score (nSPS) is 10.0. The van der Waals surface area contributed by atoms with Gasteiger partial charge in [-0.1, -0.05) is 24.3 Å². The highest BCUT2D eigenvalue weighted by Crippen LogP contribution is 2.21. The molecule has 0 fully saturated rings. The molecule has 2 aromatic carbocycles. The number of halogens is 1. The van der Waals surface area contributed by atoms with Gasteiger partial charge >= 0.3 is 0 Å². The van der Waals surface area contributed by atoms with Crippen molar-refractivity contribution in [3.8, 4) is 12.1 Å². The topological polar surface area (TPSA) is 97.4 Å². The number of nitrogens with zero attached hydrogens (tertiary/aromatic N) is 4. The summed E-state index contributed by atoms with van der Waals surface area (Å²) in [6.07, 6.45) is 3.43. The second kappa shape index (κ2) is 9.82. The van der Waals surface area contributed by atoms with E-state index in [1.165, 1.54) is 0 Å². The molecule has 144 valence electrons. The van der Waals surface area contributed by atoms with Crippen LogP contribution in [0.1, 0.15) is 24.0 Å². The van der Waals surface area contributed by atoms with Gasteiger partial charge in [-0.2, -0.15) is 15.5 Å². The number of anilines is 4. The van der Waals surface area contributed by atoms with Gasteiger partial charge in [0.05, 0.1) is 18.3 Å². The molecule has 2 N–H and O–H groups in total. The lowest BCUT2D eigenvalue weighted by atomic mass is 10.1. The van der Waals surface area contributed by atoms with E-state index in [0.717, 1.165) is 23.0 Å². The van der Waals surface area contributed by atoms with Gasteiger partial charge < -0.3 is 10.6 Å². The van der Waals surface area contributed by atoms with E-state index in [9.17, 15) is 4.39 Å². The Morgan fingerprint density at radius 3 is 1.83 bits per heavy atom. The minimum Gasteiger partial charge on any atom is -0.338 e. The number of hydrogen-bond acceptors (Lipinski definition) is 6. The summed E-state index contributed by atoms with van der Waals surface area (Å²) in [5.74, 6) is -0.224. The molecule has 0 aliphatic carbocycles. The molecule has 7 heteroatoms. The maximum Gasteiger partial charge on any atom is 0.229 e. The van der Waals surface area contributed by atoms with Gasteiger partial charge in [-0.05, 0) is 48.2 Å². The monoisotopic (exact) mass is 386 g/mol. The van der Waals surface area contributed by atoms with Crippen molar-refractivity contribution >= 4 is 23.1 Å². The lowest BCUT2D eigenvalue weighted by Gasteiger charge is -2.10. The van der Waals surface area contributed by atoms with E-state index < -0.39 is 5.82 Å². The molecule has 0 bridgehead atoms. The van der Waals surface area contributed by atoms with Crippen molar-refractivity contribution in [2.75, 3.05) is 10.6 Å². The van der Waals surface area contributed by atoms with E-state index in [1.54, 1.807) is 0 Å². The van der Waals surface area contributed by atoms with Gasteiger partial charge in [0.15, 0.2) is 11.6 Å². The van der Waals surface area contributed by atoms with E-state index in [1.807, 2.05) is 48.5 Å². The molecule has 3 rings (SSSR count). The highest BCUT2D eigenvalue weighted by Gasteiger charge is 2.08. The summed E-state index contributed by atoms with van der Waals surface area (Å²) in [5, 5.41) is 23.3. The predicted octanol–water partition coefficient (Wildman–Crippen LogP) is 5.02. The first-order chi connectivity index (χ1) is 14.2. The van der Waals surface area contributed by atoms with Crippen molar-refractivity contribution in [1.29, 1.82) is 10.5 Å². The highest BCUT2D eigenvalue weighted by atomic mass is 19.1. The summed E-state index contributed by atoms with van der Waals surface area (Å²) in [4.78, 5) is 8.20. The Labute approximate surface area is 168 Å². The van der Waals surface area contributed by atoms with Crippen LogP contribution in [0.15, 0.2) is 54.7 Å².